The molecule has 0 unspecified atom stereocenters. The number of nitrogens with zero attached hydrogens (tertiary/aromatic N) is 4. The standard InChI is InChI=1S/C19H17F3N4OS/c20-19(21,22)13-6-4-7-14(12-13)26-17(15-8-5-11-28-15)23-16(24-26)18(27)25-9-2-1-3-10-25/h4-8,11-12H,1-3,9-10H2. The van der Waals surface area contributed by atoms with E-state index in [0.717, 1.165) is 36.3 Å². The lowest BCUT2D eigenvalue weighted by Gasteiger charge is -2.25. The van der Waals surface area contributed by atoms with Gasteiger partial charge in [-0.2, -0.15) is 13.2 Å². The summed E-state index contributed by atoms with van der Waals surface area (Å²) < 4.78 is 40.7. The number of carbonyl (C=O) groups is 1. The van der Waals surface area contributed by atoms with Crippen molar-refractivity contribution in [1.29, 1.82) is 0 Å². The highest BCUT2D eigenvalue weighted by Crippen LogP contribution is 2.32. The number of halogens is 3. The number of aromatic nitrogens is 3. The van der Waals surface area contributed by atoms with Crippen LogP contribution in [0.5, 0.6) is 0 Å². The van der Waals surface area contributed by atoms with Crippen LogP contribution in [0.25, 0.3) is 16.4 Å². The van der Waals surface area contributed by atoms with Crippen LogP contribution in [0.4, 0.5) is 13.2 Å². The third-order valence-electron chi connectivity index (χ3n) is 4.60. The summed E-state index contributed by atoms with van der Waals surface area (Å²) in [6.07, 6.45) is -1.53. The lowest BCUT2D eigenvalue weighted by atomic mass is 10.1. The predicted octanol–water partition coefficient (Wildman–Crippen LogP) is 4.64. The fourth-order valence-corrected chi connectivity index (χ4v) is 3.90. The zero-order valence-electron chi connectivity index (χ0n) is 14.8. The summed E-state index contributed by atoms with van der Waals surface area (Å²) in [4.78, 5) is 19.6. The number of hydrogen-bond acceptors (Lipinski definition) is 4. The average molecular weight is 406 g/mol. The van der Waals surface area contributed by atoms with E-state index in [2.05, 4.69) is 10.1 Å². The van der Waals surface area contributed by atoms with Crippen molar-refractivity contribution in [3.63, 3.8) is 0 Å². The second-order valence-electron chi connectivity index (χ2n) is 6.55. The Kier molecular flexibility index (Phi) is 4.92. The van der Waals surface area contributed by atoms with Crippen molar-refractivity contribution in [2.24, 2.45) is 0 Å². The Morgan fingerprint density at radius 3 is 2.54 bits per heavy atom. The van der Waals surface area contributed by atoms with Crippen molar-refractivity contribution in [2.45, 2.75) is 25.4 Å². The highest BCUT2D eigenvalue weighted by atomic mass is 32.1. The lowest BCUT2D eigenvalue weighted by molar-refractivity contribution is -0.137. The first-order chi connectivity index (χ1) is 13.4. The maximum Gasteiger partial charge on any atom is 0.416 e. The van der Waals surface area contributed by atoms with Crippen LogP contribution in [-0.2, 0) is 6.18 Å². The van der Waals surface area contributed by atoms with Crippen LogP contribution in [0.2, 0.25) is 0 Å². The Morgan fingerprint density at radius 1 is 1.07 bits per heavy atom. The molecule has 1 saturated heterocycles. The zero-order valence-corrected chi connectivity index (χ0v) is 15.6. The van der Waals surface area contributed by atoms with Crippen molar-refractivity contribution < 1.29 is 18.0 Å². The fourth-order valence-electron chi connectivity index (χ4n) is 3.20. The number of piperidine rings is 1. The number of likely N-dealkylation sites (tertiary alicyclic amines) is 1. The van der Waals surface area contributed by atoms with Gasteiger partial charge >= 0.3 is 6.18 Å². The van der Waals surface area contributed by atoms with E-state index in [1.165, 1.54) is 28.2 Å². The van der Waals surface area contributed by atoms with E-state index >= 15 is 0 Å². The SMILES string of the molecule is O=C(c1nc(-c2cccs2)n(-c2cccc(C(F)(F)F)c2)n1)N1CCCCC1. The molecule has 28 heavy (non-hydrogen) atoms. The van der Waals surface area contributed by atoms with Crippen LogP contribution < -0.4 is 0 Å². The molecule has 2 aromatic heterocycles. The molecule has 5 nitrogen and oxygen atoms in total. The molecule has 1 aliphatic rings. The molecule has 3 heterocycles. The van der Waals surface area contributed by atoms with E-state index in [-0.39, 0.29) is 17.4 Å². The van der Waals surface area contributed by atoms with Gasteiger partial charge in [0, 0.05) is 13.1 Å². The lowest BCUT2D eigenvalue weighted by Crippen LogP contribution is -2.36. The molecule has 4 rings (SSSR count). The maximum atomic E-state index is 13.1. The summed E-state index contributed by atoms with van der Waals surface area (Å²) >= 11 is 1.38. The van der Waals surface area contributed by atoms with Gasteiger partial charge in [-0.25, -0.2) is 9.67 Å². The maximum absolute atomic E-state index is 13.1. The van der Waals surface area contributed by atoms with Crippen molar-refractivity contribution in [3.8, 4) is 16.4 Å². The molecule has 0 saturated carbocycles. The van der Waals surface area contributed by atoms with Crippen molar-refractivity contribution in [2.75, 3.05) is 13.1 Å². The number of benzene rings is 1. The molecule has 0 N–H and O–H groups in total. The highest BCUT2D eigenvalue weighted by Gasteiger charge is 2.31. The van der Waals surface area contributed by atoms with Crippen LogP contribution in [-0.4, -0.2) is 38.7 Å². The van der Waals surface area contributed by atoms with Gasteiger partial charge in [0.05, 0.1) is 16.1 Å². The molecule has 0 atom stereocenters. The van der Waals surface area contributed by atoms with Crippen LogP contribution in [0.3, 0.4) is 0 Å². The van der Waals surface area contributed by atoms with Crippen LogP contribution in [0, 0.1) is 0 Å². The van der Waals surface area contributed by atoms with Crippen molar-refractivity contribution in [1.82, 2.24) is 19.7 Å². The predicted molar refractivity (Wildman–Crippen MR) is 99.4 cm³/mol. The third kappa shape index (κ3) is 3.66. The van der Waals surface area contributed by atoms with Gasteiger partial charge in [0.1, 0.15) is 0 Å². The molecule has 0 bridgehead atoms. The van der Waals surface area contributed by atoms with Gasteiger partial charge in [0.2, 0.25) is 5.82 Å². The smallest absolute Gasteiger partial charge is 0.336 e. The molecular formula is C19H17F3N4OS. The zero-order chi connectivity index (χ0) is 19.7. The minimum atomic E-state index is -4.47. The van der Waals surface area contributed by atoms with Gasteiger partial charge in [-0.3, -0.25) is 4.79 Å². The number of rotatable bonds is 3. The summed E-state index contributed by atoms with van der Waals surface area (Å²) in [6, 6.07) is 8.48. The molecule has 0 radical (unpaired) electrons. The van der Waals surface area contributed by atoms with Gasteiger partial charge in [-0.05, 0) is 48.9 Å². The average Bonchev–Trinajstić information content (AvgIpc) is 3.37. The van der Waals surface area contributed by atoms with Crippen molar-refractivity contribution >= 4 is 17.2 Å². The first-order valence-electron chi connectivity index (χ1n) is 8.91. The quantitative estimate of drug-likeness (QED) is 0.637. The number of thiophene rings is 1. The first-order valence-corrected chi connectivity index (χ1v) is 9.79. The van der Waals surface area contributed by atoms with Crippen LogP contribution >= 0.6 is 11.3 Å². The molecule has 0 aliphatic carbocycles. The number of hydrogen-bond donors (Lipinski definition) is 0. The number of carbonyl (C=O) groups excluding carboxylic acids is 1. The van der Waals surface area contributed by atoms with E-state index in [0.29, 0.717) is 18.9 Å². The monoisotopic (exact) mass is 406 g/mol. The van der Waals surface area contributed by atoms with E-state index in [9.17, 15) is 18.0 Å². The minimum Gasteiger partial charge on any atom is -0.336 e. The third-order valence-corrected chi connectivity index (χ3v) is 5.47. The number of amides is 1. The van der Waals surface area contributed by atoms with E-state index in [1.807, 2.05) is 11.4 Å². The van der Waals surface area contributed by atoms with Gasteiger partial charge in [0.25, 0.3) is 5.91 Å². The van der Waals surface area contributed by atoms with Gasteiger partial charge < -0.3 is 4.90 Å². The molecule has 1 aliphatic heterocycles. The highest BCUT2D eigenvalue weighted by molar-refractivity contribution is 7.13. The van der Waals surface area contributed by atoms with Gasteiger partial charge in [0.15, 0.2) is 5.82 Å². The Morgan fingerprint density at radius 2 is 1.86 bits per heavy atom. The number of alkyl halides is 3. The normalized spacial score (nSPS) is 15.0. The summed E-state index contributed by atoms with van der Waals surface area (Å²) in [7, 11) is 0. The Hall–Kier alpha value is -2.68. The van der Waals surface area contributed by atoms with E-state index < -0.39 is 11.7 Å². The largest absolute Gasteiger partial charge is 0.416 e. The molecule has 1 fully saturated rings. The molecule has 0 spiro atoms. The molecule has 1 amide bonds. The first kappa shape index (κ1) is 18.7. The van der Waals surface area contributed by atoms with Crippen LogP contribution in [0.15, 0.2) is 41.8 Å². The molecular weight excluding hydrogens is 389 g/mol. The fraction of sp³-hybridized carbons (Fsp3) is 0.316. The molecule has 9 heteroatoms. The summed E-state index contributed by atoms with van der Waals surface area (Å²) in [5, 5.41) is 6.13. The second kappa shape index (κ2) is 7.38. The molecule has 1 aromatic carbocycles. The van der Waals surface area contributed by atoms with Gasteiger partial charge in [-0.1, -0.05) is 12.1 Å². The Balaban J connectivity index is 1.78. The summed E-state index contributed by atoms with van der Waals surface area (Å²) in [6.45, 7) is 1.29. The molecule has 3 aromatic rings. The summed E-state index contributed by atoms with van der Waals surface area (Å²) in [5.74, 6) is 0.0700. The van der Waals surface area contributed by atoms with Gasteiger partial charge in [-0.15, -0.1) is 16.4 Å². The Bertz CT molecular complexity index is 975. The topological polar surface area (TPSA) is 51.0 Å². The second-order valence-corrected chi connectivity index (χ2v) is 7.50. The van der Waals surface area contributed by atoms with Crippen LogP contribution in [0.1, 0.15) is 35.4 Å². The van der Waals surface area contributed by atoms with E-state index in [4.69, 9.17) is 0 Å². The van der Waals surface area contributed by atoms with Crippen molar-refractivity contribution in [3.05, 3.63) is 53.2 Å². The van der Waals surface area contributed by atoms with E-state index in [1.54, 1.807) is 11.0 Å². The minimum absolute atomic E-state index is 0.00251. The summed E-state index contributed by atoms with van der Waals surface area (Å²) in [5.41, 5.74) is -0.565. The molecule has 146 valence electrons. The Labute approximate surface area is 163 Å².